The highest BCUT2D eigenvalue weighted by molar-refractivity contribution is 8.00. The Kier molecular flexibility index (Phi) is 5.18. The first kappa shape index (κ1) is 16.6. The third-order valence-electron chi connectivity index (χ3n) is 3.22. The molecule has 1 heterocycles. The first-order chi connectivity index (χ1) is 9.77. The smallest absolute Gasteiger partial charge is 0.185 e. The molecule has 0 spiro atoms. The van der Waals surface area contributed by atoms with E-state index >= 15 is 0 Å². The van der Waals surface area contributed by atoms with Gasteiger partial charge in [0.2, 0.25) is 0 Å². The van der Waals surface area contributed by atoms with Gasteiger partial charge in [0.05, 0.1) is 14.5 Å². The quantitative estimate of drug-likeness (QED) is 0.497. The lowest BCUT2D eigenvalue weighted by Gasteiger charge is -2.19. The van der Waals surface area contributed by atoms with Crippen LogP contribution in [0.3, 0.4) is 0 Å². The molecule has 0 aliphatic rings. The van der Waals surface area contributed by atoms with E-state index in [1.54, 1.807) is 23.9 Å². The number of ketones is 1. The van der Waals surface area contributed by atoms with Crippen LogP contribution in [-0.2, 0) is 5.41 Å². The van der Waals surface area contributed by atoms with Gasteiger partial charge in [0.25, 0.3) is 0 Å². The molecule has 1 unspecified atom stereocenters. The van der Waals surface area contributed by atoms with E-state index in [-0.39, 0.29) is 16.4 Å². The van der Waals surface area contributed by atoms with Crippen LogP contribution >= 0.6 is 34.7 Å². The Morgan fingerprint density at radius 3 is 2.24 bits per heavy atom. The van der Waals surface area contributed by atoms with Crippen LogP contribution in [0.2, 0.25) is 4.34 Å². The Labute approximate surface area is 139 Å². The Morgan fingerprint density at radius 1 is 1.14 bits per heavy atom. The summed E-state index contributed by atoms with van der Waals surface area (Å²) in [6, 6.07) is 12.0. The second-order valence-corrected chi connectivity index (χ2v) is 9.13. The maximum absolute atomic E-state index is 12.3. The molecule has 1 aromatic carbocycles. The van der Waals surface area contributed by atoms with E-state index in [1.807, 2.05) is 6.92 Å². The Morgan fingerprint density at radius 2 is 1.76 bits per heavy atom. The van der Waals surface area contributed by atoms with Crippen LogP contribution in [0, 0.1) is 0 Å². The minimum atomic E-state index is -0.111. The zero-order valence-electron chi connectivity index (χ0n) is 12.6. The van der Waals surface area contributed by atoms with Gasteiger partial charge in [-0.15, -0.1) is 23.1 Å². The number of hydrogen-bond acceptors (Lipinski definition) is 3. The summed E-state index contributed by atoms with van der Waals surface area (Å²) in [6.07, 6.45) is 0. The fourth-order valence-corrected chi connectivity index (χ4v) is 4.02. The predicted octanol–water partition coefficient (Wildman–Crippen LogP) is 6.06. The van der Waals surface area contributed by atoms with Crippen LogP contribution in [0.25, 0.3) is 0 Å². The van der Waals surface area contributed by atoms with Gasteiger partial charge in [0, 0.05) is 4.90 Å². The highest BCUT2D eigenvalue weighted by Gasteiger charge is 2.19. The van der Waals surface area contributed by atoms with Crippen LogP contribution in [-0.4, -0.2) is 11.0 Å². The number of hydrogen-bond donors (Lipinski definition) is 0. The number of benzene rings is 1. The molecule has 0 saturated heterocycles. The number of thiophene rings is 1. The van der Waals surface area contributed by atoms with Crippen molar-refractivity contribution in [3.8, 4) is 0 Å². The molecule has 112 valence electrons. The highest BCUT2D eigenvalue weighted by Crippen LogP contribution is 2.31. The summed E-state index contributed by atoms with van der Waals surface area (Å²) in [5, 5.41) is -0.111. The lowest BCUT2D eigenvalue weighted by Crippen LogP contribution is -2.12. The topological polar surface area (TPSA) is 17.1 Å². The Bertz CT molecular complexity index is 623. The number of thioether (sulfide) groups is 1. The molecule has 1 atom stereocenters. The first-order valence-corrected chi connectivity index (χ1v) is 8.91. The number of rotatable bonds is 4. The van der Waals surface area contributed by atoms with E-state index in [9.17, 15) is 4.79 Å². The van der Waals surface area contributed by atoms with Gasteiger partial charge in [-0.25, -0.2) is 0 Å². The molecule has 0 saturated carbocycles. The minimum Gasteiger partial charge on any atom is -0.292 e. The van der Waals surface area contributed by atoms with Gasteiger partial charge in [0.1, 0.15) is 0 Å². The van der Waals surface area contributed by atoms with Gasteiger partial charge in [-0.1, -0.05) is 44.5 Å². The zero-order chi connectivity index (χ0) is 15.6. The average molecular weight is 339 g/mol. The summed E-state index contributed by atoms with van der Waals surface area (Å²) in [5.74, 6) is 0.136. The van der Waals surface area contributed by atoms with Crippen molar-refractivity contribution in [2.45, 2.75) is 43.3 Å². The van der Waals surface area contributed by atoms with E-state index in [2.05, 4.69) is 45.0 Å². The van der Waals surface area contributed by atoms with Crippen LogP contribution in [0.5, 0.6) is 0 Å². The maximum atomic E-state index is 12.3. The van der Waals surface area contributed by atoms with Crippen molar-refractivity contribution < 1.29 is 4.79 Å². The molecule has 0 aliphatic heterocycles. The van der Waals surface area contributed by atoms with Gasteiger partial charge >= 0.3 is 0 Å². The van der Waals surface area contributed by atoms with E-state index in [0.29, 0.717) is 4.34 Å². The van der Waals surface area contributed by atoms with Crippen LogP contribution in [0.15, 0.2) is 41.3 Å². The van der Waals surface area contributed by atoms with Crippen molar-refractivity contribution in [2.75, 3.05) is 0 Å². The van der Waals surface area contributed by atoms with Crippen molar-refractivity contribution in [3.63, 3.8) is 0 Å². The molecule has 2 aromatic rings. The molecular formula is C17H19ClOS2. The van der Waals surface area contributed by atoms with Crippen molar-refractivity contribution in [3.05, 3.63) is 51.2 Å². The average Bonchev–Trinajstić information content (AvgIpc) is 2.84. The number of Topliss-reactive ketones (excluding diaryl/α,β-unsaturated/α-hetero) is 1. The molecule has 0 fully saturated rings. The summed E-state index contributed by atoms with van der Waals surface area (Å²) in [7, 11) is 0. The Balaban J connectivity index is 2.06. The summed E-state index contributed by atoms with van der Waals surface area (Å²) in [6.45, 7) is 8.53. The molecule has 2 rings (SSSR count). The van der Waals surface area contributed by atoms with Gasteiger partial charge in [-0.05, 0) is 42.2 Å². The maximum Gasteiger partial charge on any atom is 0.185 e. The van der Waals surface area contributed by atoms with Crippen LogP contribution in [0.1, 0.15) is 42.9 Å². The van der Waals surface area contributed by atoms with Crippen molar-refractivity contribution >= 4 is 40.5 Å². The van der Waals surface area contributed by atoms with Crippen molar-refractivity contribution in [2.24, 2.45) is 0 Å². The Hall–Kier alpha value is -0.770. The number of carbonyl (C=O) groups excluding carboxylic acids is 1. The van der Waals surface area contributed by atoms with E-state index in [4.69, 9.17) is 11.6 Å². The van der Waals surface area contributed by atoms with Crippen LogP contribution < -0.4 is 0 Å². The van der Waals surface area contributed by atoms with Crippen molar-refractivity contribution in [1.82, 2.24) is 0 Å². The molecule has 21 heavy (non-hydrogen) atoms. The molecule has 0 radical (unpaired) electrons. The first-order valence-electron chi connectivity index (χ1n) is 6.84. The van der Waals surface area contributed by atoms with E-state index < -0.39 is 0 Å². The number of halogens is 1. The normalized spacial score (nSPS) is 13.2. The largest absolute Gasteiger partial charge is 0.292 e. The monoisotopic (exact) mass is 338 g/mol. The zero-order valence-corrected chi connectivity index (χ0v) is 15.0. The van der Waals surface area contributed by atoms with Gasteiger partial charge in [-0.3, -0.25) is 4.79 Å². The standard InChI is InChI=1S/C17H19ClOS2/c1-11(16(19)14-9-10-15(18)21-14)20-13-7-5-12(6-8-13)17(2,3)4/h5-11H,1-4H3. The SMILES string of the molecule is CC(Sc1ccc(C(C)(C)C)cc1)C(=O)c1ccc(Cl)s1. The van der Waals surface area contributed by atoms with E-state index in [0.717, 1.165) is 9.77 Å². The fraction of sp³-hybridized carbons (Fsp3) is 0.353. The second kappa shape index (κ2) is 6.55. The van der Waals surface area contributed by atoms with Gasteiger partial charge < -0.3 is 0 Å². The summed E-state index contributed by atoms with van der Waals surface area (Å²) < 4.78 is 0.657. The molecule has 1 nitrogen and oxygen atoms in total. The van der Waals surface area contributed by atoms with Gasteiger partial charge in [0.15, 0.2) is 5.78 Å². The van der Waals surface area contributed by atoms with E-state index in [1.165, 1.54) is 16.9 Å². The lowest BCUT2D eigenvalue weighted by atomic mass is 9.87. The fourth-order valence-electron chi connectivity index (χ4n) is 1.94. The van der Waals surface area contributed by atoms with Crippen LogP contribution in [0.4, 0.5) is 0 Å². The predicted molar refractivity (Wildman–Crippen MR) is 94.1 cm³/mol. The minimum absolute atomic E-state index is 0.111. The summed E-state index contributed by atoms with van der Waals surface area (Å²) in [4.78, 5) is 14.2. The lowest BCUT2D eigenvalue weighted by molar-refractivity contribution is 0.0998. The molecule has 0 bridgehead atoms. The third-order valence-corrected chi connectivity index (χ3v) is 5.58. The molecule has 4 heteroatoms. The summed E-state index contributed by atoms with van der Waals surface area (Å²) >= 11 is 8.82. The third kappa shape index (κ3) is 4.35. The van der Waals surface area contributed by atoms with Crippen molar-refractivity contribution in [1.29, 1.82) is 0 Å². The molecule has 0 aliphatic carbocycles. The molecule has 0 N–H and O–H groups in total. The summed E-state index contributed by atoms with van der Waals surface area (Å²) in [5.41, 5.74) is 1.45. The number of carbonyl (C=O) groups is 1. The molecule has 1 aromatic heterocycles. The van der Waals surface area contributed by atoms with Gasteiger partial charge in [-0.2, -0.15) is 0 Å². The highest BCUT2D eigenvalue weighted by atomic mass is 35.5. The second-order valence-electron chi connectivity index (χ2n) is 6.00. The molecule has 0 amide bonds. The molecular weight excluding hydrogens is 320 g/mol.